The number of hydrogen-bond acceptors (Lipinski definition) is 37. The van der Waals surface area contributed by atoms with Gasteiger partial charge in [-0.05, 0) is 125 Å². The largest absolute Gasteiger partial charge is 0.508 e. The number of carbonyl (C=O) groups is 11. The molecule has 3 fully saturated rings. The van der Waals surface area contributed by atoms with Crippen LogP contribution in [0.4, 0.5) is 0 Å². The second-order valence-electron chi connectivity index (χ2n) is 36.7. The van der Waals surface area contributed by atoms with Gasteiger partial charge in [0.05, 0.1) is 29.7 Å². The number of amides is 9. The number of esters is 1. The van der Waals surface area contributed by atoms with Gasteiger partial charge in [0.25, 0.3) is 0 Å². The van der Waals surface area contributed by atoms with Crippen molar-refractivity contribution in [3.8, 4) is 80.1 Å². The average molecular weight is 2170 g/mol. The van der Waals surface area contributed by atoms with E-state index in [-0.39, 0.29) is 24.0 Å². The highest BCUT2D eigenvalue weighted by Crippen LogP contribution is 2.59. The molecule has 7 aromatic rings. The van der Waals surface area contributed by atoms with Crippen molar-refractivity contribution in [1.29, 1.82) is 0 Å². The number of carboxylic acid groups (broad SMARTS) is 1. The highest BCUT2D eigenvalue weighted by atomic mass is 35.5. The van der Waals surface area contributed by atoms with E-state index in [0.717, 1.165) is 117 Å². The number of benzene rings is 7. The number of carboxylic acids is 1. The van der Waals surface area contributed by atoms with E-state index in [0.29, 0.717) is 18.8 Å². The van der Waals surface area contributed by atoms with Crippen LogP contribution in [-0.4, -0.2) is 286 Å². The van der Waals surface area contributed by atoms with E-state index < -0.39 is 383 Å². The summed E-state index contributed by atoms with van der Waals surface area (Å²) in [7, 11) is -11.6. The maximum atomic E-state index is 17.2. The average Bonchev–Trinajstić information content (AvgIpc) is 0.760. The fourth-order valence-corrected chi connectivity index (χ4v) is 20.3. The number of halogens is 2. The fourth-order valence-electron chi connectivity index (χ4n) is 17.7. The van der Waals surface area contributed by atoms with Gasteiger partial charge < -0.3 is 192 Å². The van der Waals surface area contributed by atoms with Crippen LogP contribution >= 0.6 is 38.4 Å². The number of rotatable bonds is 27. The van der Waals surface area contributed by atoms with Crippen molar-refractivity contribution in [2.45, 2.75) is 231 Å². The summed E-state index contributed by atoms with van der Waals surface area (Å²) in [5.41, 5.74) is -0.893. The first-order valence-electron chi connectivity index (χ1n) is 46.5. The molecule has 23 atom stereocenters. The lowest BCUT2D eigenvalue weighted by molar-refractivity contribution is -0.284. The Morgan fingerprint density at radius 2 is 1.06 bits per heavy atom. The Bertz CT molecular complexity index is 6340. The summed E-state index contributed by atoms with van der Waals surface area (Å²) in [5, 5.41) is 182. The summed E-state index contributed by atoms with van der Waals surface area (Å²) >= 11 is 14.8. The van der Waals surface area contributed by atoms with Crippen molar-refractivity contribution < 1.29 is 200 Å². The SMILES string of the molecule is CC(=O)N[C@H]1[C@H](O[C@@H]2c3ccc(c(Cl)c3)Oc3cc4cc(c3O[C@@H]3O[C@H](COC(=O)CCC(=O)NC(P(=O)(O)O)P(=O)(O)O)[C@@H](O)[C@H](O)[C@H]3NC(=O)CCCCCCCC(C)C)Oc3ccc(cc3Cl)C[C@H]3NC(=O)[C@H](N)c5ccc(O)c(c5)Oc5cc(O)cc(c5)[C@H](NC3=O)C(=O)N[C@H]4C(=O)N[C@H]3C(=O)N[C@@H]2C(=O)N[C@@H](C(=O)O)c2cc(O)cc(O[C@H]4O[C@H](CO)[C@@H](O)[C@H](O)[C@@H]4O)c2-c2cc3ccc2O)O[C@H](CO)[C@@H](O)[C@@H]1O. The third-order valence-corrected chi connectivity index (χ3v) is 29.3. The Morgan fingerprint density at radius 3 is 1.69 bits per heavy atom. The molecule has 55 heteroatoms. The second kappa shape index (κ2) is 47.2. The van der Waals surface area contributed by atoms with Gasteiger partial charge in [0.2, 0.25) is 77.0 Å². The number of aliphatic carboxylic acids is 1. The van der Waals surface area contributed by atoms with Crippen molar-refractivity contribution in [2.75, 3.05) is 19.8 Å². The van der Waals surface area contributed by atoms with Crippen molar-refractivity contribution in [3.63, 3.8) is 0 Å². The molecule has 7 aromatic carbocycles. The maximum absolute atomic E-state index is 17.2. The summed E-state index contributed by atoms with van der Waals surface area (Å²) in [5.74, 6) is -23.8. The molecule has 3 saturated heterocycles. The lowest BCUT2D eigenvalue weighted by atomic mass is 9.89. The van der Waals surface area contributed by atoms with Gasteiger partial charge in [-0.1, -0.05) is 93.4 Å². The normalized spacial score (nSPS) is 27.1. The predicted octanol–water partition coefficient (Wildman–Crippen LogP) is 0.496. The topological polar surface area (TPSA) is 813 Å². The number of unbranched alkanes of at least 4 members (excludes halogenated alkanes) is 4. The molecule has 16 rings (SSSR count). The smallest absolute Gasteiger partial charge is 0.360 e. The Morgan fingerprint density at radius 1 is 0.503 bits per heavy atom. The van der Waals surface area contributed by atoms with Gasteiger partial charge in [-0.2, -0.15) is 0 Å². The van der Waals surface area contributed by atoms with Crippen LogP contribution in [-0.2, 0) is 92.0 Å². The van der Waals surface area contributed by atoms with Crippen molar-refractivity contribution in [2.24, 2.45) is 11.7 Å². The number of carbonyl (C=O) groups excluding carboxylic acids is 10. The summed E-state index contributed by atoms with van der Waals surface area (Å²) in [6, 6.07) is -1.40. The van der Waals surface area contributed by atoms with E-state index in [1.54, 1.807) is 0 Å². The predicted molar refractivity (Wildman–Crippen MR) is 507 cm³/mol. The monoisotopic (exact) mass is 2160 g/mol. The van der Waals surface area contributed by atoms with Gasteiger partial charge in [-0.15, -0.1) is 0 Å². The van der Waals surface area contributed by atoms with Crippen LogP contribution in [0.25, 0.3) is 11.1 Å². The Labute approximate surface area is 854 Å². The van der Waals surface area contributed by atoms with Gasteiger partial charge in [-0.25, -0.2) is 4.79 Å². The maximum Gasteiger partial charge on any atom is 0.360 e. The van der Waals surface area contributed by atoms with Crippen LogP contribution in [0.1, 0.15) is 154 Å². The van der Waals surface area contributed by atoms with E-state index >= 15 is 24.0 Å². The van der Waals surface area contributed by atoms with E-state index in [4.69, 9.17) is 76.3 Å². The van der Waals surface area contributed by atoms with Gasteiger partial charge in [0, 0.05) is 55.0 Å². The molecule has 9 amide bonds. The van der Waals surface area contributed by atoms with E-state index in [1.807, 2.05) is 0 Å². The van der Waals surface area contributed by atoms with Crippen LogP contribution in [0.2, 0.25) is 10.0 Å². The van der Waals surface area contributed by atoms with Crippen molar-refractivity contribution in [3.05, 3.63) is 164 Å². The van der Waals surface area contributed by atoms with Crippen LogP contribution in [0.15, 0.2) is 115 Å². The minimum atomic E-state index is -5.79. The number of phenolic OH excluding ortho intramolecular Hbond substituents is 4. The first-order valence-corrected chi connectivity index (χ1v) is 50.6. The van der Waals surface area contributed by atoms with Gasteiger partial charge >= 0.3 is 27.1 Å². The molecular weight excluding hydrogens is 2060 g/mol. The number of fused-ring (bicyclic) bond motifs is 14. The number of nitrogens with two attached hydrogens (primary N) is 1. The number of aliphatic hydroxyl groups is 9. The molecule has 9 aliphatic heterocycles. The molecule has 0 spiro atoms. The number of nitrogens with one attached hydrogen (secondary N) is 9. The highest BCUT2D eigenvalue weighted by Gasteiger charge is 2.54. The zero-order valence-electron chi connectivity index (χ0n) is 78.8. The molecule has 804 valence electrons. The third-order valence-electron chi connectivity index (χ3n) is 25.3. The van der Waals surface area contributed by atoms with Crippen molar-refractivity contribution in [1.82, 2.24) is 47.9 Å². The Kier molecular flexibility index (Phi) is 35.4. The van der Waals surface area contributed by atoms with Gasteiger partial charge in [-0.3, -0.25) is 57.1 Å². The molecule has 0 unspecified atom stereocenters. The molecule has 0 saturated carbocycles. The number of ether oxygens (including phenoxy) is 10. The van der Waals surface area contributed by atoms with Gasteiger partial charge in [0.1, 0.15) is 162 Å². The summed E-state index contributed by atoms with van der Waals surface area (Å²) in [6.07, 6.45) is -29.6. The van der Waals surface area contributed by atoms with E-state index in [1.165, 1.54) is 29.6 Å². The standard InChI is InChI=1S/C94H108Cl2N10O41P2/c1-36(2)9-7-5-4-6-8-10-63(114)100-73-79(121)77(119)62(35-138-65(116)20-19-64(115)101-94(148(132,133)134)149(135,136)137)145-92(73)147-83-58-28-43-29-59(83)141-55-18-14-41(26-50(55)96)82(146-91-72(98-37(3)109)78(120)75(117)60(33-107)143-91)74-89(129)105-71(90(130)131)48-31-45(111)32-57(142-93-81(123)80(122)76(118)61(34-108)144-93)66(48)47-25-40(13-15-52(47)112)68(86(126)106-74)103-88(128)70(43)104-87(127)69-42-23-44(110)30-46(24-42)139-56-27-39(12-16-53(56)113)67(97)85(125)99-51(84(124)102-69)22-38-11-17-54(140-58)49(95)21-38/h11-18,21,23-32,36,51,60-62,67-82,91-94,107-108,110-113,117-123H,4-10,19-20,22,33-35,97H2,1-3H3,(H,98,109)(H,99,125)(H,100,114)(H,101,115)(H,102,124)(H,103,128)(H,104,127)(H,105,129)(H,106,126)(H,130,131)(H2,132,133,134)(H2,135,136,137)/t51-,60-,61-,62-,67-,68-,69+,70-,71-,72-,73-,74+,75-,76-,77-,78-,79-,80+,81+,82-,91+,92+,93+/m1/s1. The number of hydrogen-bond donors (Lipinski definition) is 28. The summed E-state index contributed by atoms with van der Waals surface area (Å²) < 4.78 is 87.4. The van der Waals surface area contributed by atoms with Crippen LogP contribution in [0, 0.1) is 5.92 Å². The highest BCUT2D eigenvalue weighted by molar-refractivity contribution is 7.70. The zero-order chi connectivity index (χ0) is 108. The second-order valence-corrected chi connectivity index (χ2v) is 41.3. The molecule has 149 heavy (non-hydrogen) atoms. The number of aliphatic hydroxyl groups excluding tert-OH is 9. The molecule has 0 aromatic heterocycles. The van der Waals surface area contributed by atoms with Crippen LogP contribution < -0.4 is 77.3 Å². The van der Waals surface area contributed by atoms with Gasteiger partial charge in [0.15, 0.2) is 35.3 Å². The van der Waals surface area contributed by atoms with E-state index in [9.17, 15) is 129 Å². The molecule has 17 bridgehead atoms. The fraction of sp³-hybridized carbons (Fsp3) is 0.436. The first-order chi connectivity index (χ1) is 70.4. The lowest BCUT2D eigenvalue weighted by Gasteiger charge is -2.44. The summed E-state index contributed by atoms with van der Waals surface area (Å²) in [4.78, 5) is 205. The molecule has 51 nitrogen and oxygen atoms in total. The lowest BCUT2D eigenvalue weighted by Crippen LogP contribution is -2.65. The molecule has 0 aliphatic carbocycles. The summed E-state index contributed by atoms with van der Waals surface area (Å²) in [6.45, 7) is 1.66. The molecular formula is C94H108Cl2N10O41P2. The first kappa shape index (κ1) is 112. The van der Waals surface area contributed by atoms with Crippen LogP contribution in [0.5, 0.6) is 69.0 Å². The van der Waals surface area contributed by atoms with Crippen LogP contribution in [0.3, 0.4) is 0 Å². The minimum Gasteiger partial charge on any atom is -0.508 e. The molecule has 29 N–H and O–H groups in total. The third kappa shape index (κ3) is 26.1. The van der Waals surface area contributed by atoms with Crippen molar-refractivity contribution >= 4 is 103 Å². The Hall–Kier alpha value is -12.8. The molecule has 9 heterocycles. The molecule has 0 radical (unpaired) electrons. The van der Waals surface area contributed by atoms with E-state index in [2.05, 4.69) is 56.4 Å². The Balaban J connectivity index is 1.02. The zero-order valence-corrected chi connectivity index (χ0v) is 82.1. The minimum absolute atomic E-state index is 0.0234. The molecule has 9 aliphatic rings. The quantitative estimate of drug-likeness (QED) is 0.0189. The number of phenols is 4. The number of aromatic hydroxyl groups is 4.